The van der Waals surface area contributed by atoms with E-state index in [-0.39, 0.29) is 11.9 Å². The normalized spacial score (nSPS) is 12.5. The molecule has 0 saturated heterocycles. The van der Waals surface area contributed by atoms with Crippen LogP contribution in [0.4, 0.5) is 0 Å². The zero-order chi connectivity index (χ0) is 13.0. The number of hydrogen-bond acceptors (Lipinski definition) is 3. The van der Waals surface area contributed by atoms with Gasteiger partial charge in [0.15, 0.2) is 0 Å². The van der Waals surface area contributed by atoms with E-state index in [1.165, 1.54) is 15.3 Å². The van der Waals surface area contributed by atoms with Gasteiger partial charge in [-0.3, -0.25) is 4.79 Å². The predicted molar refractivity (Wildman–Crippen MR) is 73.4 cm³/mol. The molecule has 17 heavy (non-hydrogen) atoms. The summed E-state index contributed by atoms with van der Waals surface area (Å²) >= 11 is 1.80. The number of carbonyl (C=O) groups is 1. The number of hydrogen-bond donors (Lipinski definition) is 1. The van der Waals surface area contributed by atoms with Gasteiger partial charge in [-0.2, -0.15) is 0 Å². The average molecular weight is 254 g/mol. The van der Waals surface area contributed by atoms with Gasteiger partial charge in [0.1, 0.15) is 0 Å². The highest BCUT2D eigenvalue weighted by molar-refractivity contribution is 7.12. The fraction of sp³-hybridized carbons (Fsp3) is 0.615. The first-order chi connectivity index (χ1) is 7.95. The van der Waals surface area contributed by atoms with Gasteiger partial charge in [0, 0.05) is 29.9 Å². The number of aryl methyl sites for hydroxylation is 2. The maximum Gasteiger partial charge on any atom is 0.239 e. The number of rotatable bonds is 5. The van der Waals surface area contributed by atoms with E-state index in [1.54, 1.807) is 16.2 Å². The third-order valence-electron chi connectivity index (χ3n) is 2.96. The molecule has 1 atom stereocenters. The predicted octanol–water partition coefficient (Wildman–Crippen LogP) is 2.32. The Balaban J connectivity index is 2.51. The largest absolute Gasteiger partial charge is 0.345 e. The third-order valence-corrected chi connectivity index (χ3v) is 3.97. The minimum Gasteiger partial charge on any atom is -0.345 e. The summed E-state index contributed by atoms with van der Waals surface area (Å²) in [6.07, 6.45) is 0. The van der Waals surface area contributed by atoms with Crippen molar-refractivity contribution in [3.05, 3.63) is 21.4 Å². The molecule has 1 rings (SSSR count). The molecule has 0 bridgehead atoms. The van der Waals surface area contributed by atoms with Gasteiger partial charge in [0.25, 0.3) is 0 Å². The molecule has 96 valence electrons. The Bertz CT molecular complexity index is 387. The topological polar surface area (TPSA) is 32.3 Å². The van der Waals surface area contributed by atoms with Crippen molar-refractivity contribution in [2.24, 2.45) is 0 Å². The fourth-order valence-corrected chi connectivity index (χ4v) is 2.64. The van der Waals surface area contributed by atoms with Crippen LogP contribution in [0.3, 0.4) is 0 Å². The highest BCUT2D eigenvalue weighted by Gasteiger charge is 2.15. The molecule has 1 aromatic rings. The summed E-state index contributed by atoms with van der Waals surface area (Å²) in [6, 6.07) is 2.06. The quantitative estimate of drug-likeness (QED) is 0.874. The lowest BCUT2D eigenvalue weighted by Gasteiger charge is -2.20. The van der Waals surface area contributed by atoms with Gasteiger partial charge in [0.2, 0.25) is 5.91 Å². The molecule has 1 heterocycles. The van der Waals surface area contributed by atoms with E-state index in [9.17, 15) is 4.79 Å². The van der Waals surface area contributed by atoms with Crippen molar-refractivity contribution in [3.8, 4) is 0 Å². The molecule has 0 radical (unpaired) electrons. The lowest BCUT2D eigenvalue weighted by Crippen LogP contribution is -2.42. The number of amides is 1. The summed E-state index contributed by atoms with van der Waals surface area (Å²) in [5, 5.41) is 3.28. The van der Waals surface area contributed by atoms with E-state index in [1.807, 2.05) is 20.9 Å². The van der Waals surface area contributed by atoms with Crippen LogP contribution in [0.5, 0.6) is 0 Å². The Morgan fingerprint density at radius 3 is 2.65 bits per heavy atom. The fourth-order valence-electron chi connectivity index (χ4n) is 1.70. The van der Waals surface area contributed by atoms with E-state index < -0.39 is 0 Å². The second-order valence-corrected chi connectivity index (χ2v) is 5.85. The van der Waals surface area contributed by atoms with E-state index in [4.69, 9.17) is 0 Å². The summed E-state index contributed by atoms with van der Waals surface area (Å²) in [4.78, 5) is 16.2. The standard InChI is InChI=1S/C13H22N2OS/c1-6-15(5)13(16)10(3)14-8-12-7-9(2)17-11(12)4/h7,10,14H,6,8H2,1-5H3. The Morgan fingerprint density at radius 1 is 1.53 bits per heavy atom. The van der Waals surface area contributed by atoms with Crippen molar-refractivity contribution in [2.45, 2.75) is 40.3 Å². The number of nitrogens with one attached hydrogen (secondary N) is 1. The first kappa shape index (κ1) is 14.2. The zero-order valence-corrected chi connectivity index (χ0v) is 12.1. The Morgan fingerprint density at radius 2 is 2.18 bits per heavy atom. The maximum absolute atomic E-state index is 11.9. The Hall–Kier alpha value is -0.870. The summed E-state index contributed by atoms with van der Waals surface area (Å²) in [5.41, 5.74) is 1.30. The van der Waals surface area contributed by atoms with Crippen molar-refractivity contribution in [2.75, 3.05) is 13.6 Å². The van der Waals surface area contributed by atoms with Gasteiger partial charge < -0.3 is 10.2 Å². The maximum atomic E-state index is 11.9. The van der Waals surface area contributed by atoms with Gasteiger partial charge >= 0.3 is 0 Å². The van der Waals surface area contributed by atoms with E-state index in [2.05, 4.69) is 25.2 Å². The molecule has 3 nitrogen and oxygen atoms in total. The molecule has 0 aromatic carbocycles. The molecule has 0 aliphatic carbocycles. The minimum atomic E-state index is -0.125. The molecular formula is C13H22N2OS. The summed E-state index contributed by atoms with van der Waals surface area (Å²) in [7, 11) is 1.83. The highest BCUT2D eigenvalue weighted by Crippen LogP contribution is 2.20. The molecule has 0 spiro atoms. The molecule has 1 unspecified atom stereocenters. The molecule has 1 amide bonds. The monoisotopic (exact) mass is 254 g/mol. The minimum absolute atomic E-state index is 0.125. The summed E-state index contributed by atoms with van der Waals surface area (Å²) in [6.45, 7) is 9.65. The lowest BCUT2D eigenvalue weighted by molar-refractivity contribution is -0.131. The van der Waals surface area contributed by atoms with Crippen LogP contribution in [-0.2, 0) is 11.3 Å². The van der Waals surface area contributed by atoms with Crippen LogP contribution in [0.25, 0.3) is 0 Å². The van der Waals surface area contributed by atoms with Crippen LogP contribution in [0.1, 0.15) is 29.2 Å². The molecule has 0 saturated carbocycles. The van der Waals surface area contributed by atoms with Crippen LogP contribution in [-0.4, -0.2) is 30.4 Å². The highest BCUT2D eigenvalue weighted by atomic mass is 32.1. The smallest absolute Gasteiger partial charge is 0.239 e. The lowest BCUT2D eigenvalue weighted by atomic mass is 10.2. The van der Waals surface area contributed by atoms with Crippen molar-refractivity contribution >= 4 is 17.2 Å². The van der Waals surface area contributed by atoms with Crippen LogP contribution >= 0.6 is 11.3 Å². The Labute approximate surface area is 108 Å². The first-order valence-electron chi connectivity index (χ1n) is 6.00. The average Bonchev–Trinajstić information content (AvgIpc) is 2.62. The third kappa shape index (κ3) is 3.82. The molecule has 1 aromatic heterocycles. The van der Waals surface area contributed by atoms with Crippen LogP contribution in [0.15, 0.2) is 6.07 Å². The van der Waals surface area contributed by atoms with Gasteiger partial charge in [0.05, 0.1) is 6.04 Å². The molecule has 4 heteroatoms. The SMILES string of the molecule is CCN(C)C(=O)C(C)NCc1cc(C)sc1C. The Kier molecular flexibility index (Phi) is 5.15. The van der Waals surface area contributed by atoms with Crippen LogP contribution in [0, 0.1) is 13.8 Å². The van der Waals surface area contributed by atoms with Crippen LogP contribution in [0.2, 0.25) is 0 Å². The zero-order valence-electron chi connectivity index (χ0n) is 11.3. The second-order valence-electron chi connectivity index (χ2n) is 4.39. The van der Waals surface area contributed by atoms with Crippen molar-refractivity contribution in [1.29, 1.82) is 0 Å². The first-order valence-corrected chi connectivity index (χ1v) is 6.81. The summed E-state index contributed by atoms with van der Waals surface area (Å²) < 4.78 is 0. The van der Waals surface area contributed by atoms with Gasteiger partial charge in [-0.05, 0) is 39.3 Å². The molecule has 0 aliphatic rings. The van der Waals surface area contributed by atoms with Crippen molar-refractivity contribution in [3.63, 3.8) is 0 Å². The molecule has 1 N–H and O–H groups in total. The van der Waals surface area contributed by atoms with E-state index in [0.29, 0.717) is 0 Å². The summed E-state index contributed by atoms with van der Waals surface area (Å²) in [5.74, 6) is 0.150. The van der Waals surface area contributed by atoms with Crippen LogP contribution < -0.4 is 5.32 Å². The second kappa shape index (κ2) is 6.17. The van der Waals surface area contributed by atoms with E-state index in [0.717, 1.165) is 13.1 Å². The number of nitrogens with zero attached hydrogens (tertiary/aromatic N) is 1. The van der Waals surface area contributed by atoms with E-state index >= 15 is 0 Å². The van der Waals surface area contributed by atoms with Crippen molar-refractivity contribution in [1.82, 2.24) is 10.2 Å². The molecule has 0 aliphatic heterocycles. The molecular weight excluding hydrogens is 232 g/mol. The van der Waals surface area contributed by atoms with Gasteiger partial charge in [-0.1, -0.05) is 0 Å². The van der Waals surface area contributed by atoms with Gasteiger partial charge in [-0.15, -0.1) is 11.3 Å². The number of thiophene rings is 1. The molecule has 0 fully saturated rings. The van der Waals surface area contributed by atoms with Crippen molar-refractivity contribution < 1.29 is 4.79 Å². The van der Waals surface area contributed by atoms with Gasteiger partial charge in [-0.25, -0.2) is 0 Å². The number of carbonyl (C=O) groups excluding carboxylic acids is 1. The number of likely N-dealkylation sites (N-methyl/N-ethyl adjacent to an activating group) is 1.